The van der Waals surface area contributed by atoms with Crippen LogP contribution < -0.4 is 10.9 Å². The molecule has 30 heavy (non-hydrogen) atoms. The average Bonchev–Trinajstić information content (AvgIpc) is 2.71. The summed E-state index contributed by atoms with van der Waals surface area (Å²) in [7, 11) is 0. The van der Waals surface area contributed by atoms with Gasteiger partial charge >= 0.3 is 0 Å². The molecule has 1 atom stereocenters. The first-order chi connectivity index (χ1) is 14.3. The van der Waals surface area contributed by atoms with Gasteiger partial charge in [0.15, 0.2) is 10.9 Å². The Balaban J connectivity index is 1.85. The largest absolute Gasteiger partial charge is 0.325 e. The van der Waals surface area contributed by atoms with Crippen LogP contribution in [0.25, 0.3) is 10.9 Å². The maximum Gasteiger partial charge on any atom is 0.262 e. The van der Waals surface area contributed by atoms with Crippen LogP contribution in [0.2, 0.25) is 5.02 Å². The Kier molecular flexibility index (Phi) is 6.74. The van der Waals surface area contributed by atoms with Crippen molar-refractivity contribution in [3.05, 3.63) is 76.1 Å². The van der Waals surface area contributed by atoms with Crippen LogP contribution >= 0.6 is 23.4 Å². The fourth-order valence-corrected chi connectivity index (χ4v) is 3.89. The first-order valence-electron chi connectivity index (χ1n) is 9.19. The van der Waals surface area contributed by atoms with Gasteiger partial charge in [0, 0.05) is 22.8 Å². The van der Waals surface area contributed by atoms with E-state index in [-0.39, 0.29) is 23.8 Å². The third kappa shape index (κ3) is 4.80. The molecule has 0 saturated heterocycles. The van der Waals surface area contributed by atoms with Crippen molar-refractivity contribution in [2.24, 2.45) is 0 Å². The molecule has 2 aromatic carbocycles. The summed E-state index contributed by atoms with van der Waals surface area (Å²) in [6.07, 6.45) is 1.60. The zero-order chi connectivity index (χ0) is 21.8. The number of carbonyl (C=O) groups is 2. The molecule has 3 aromatic rings. The molecule has 0 fully saturated rings. The Morgan fingerprint density at radius 1 is 1.27 bits per heavy atom. The first kappa shape index (κ1) is 21.8. The van der Waals surface area contributed by atoms with Crippen molar-refractivity contribution >= 4 is 51.6 Å². The Bertz CT molecular complexity index is 1190. The number of carbonyl (C=O) groups excluding carboxylic acids is 2. The lowest BCUT2D eigenvalue weighted by molar-refractivity contribution is -0.115. The number of hydrogen-bond donors (Lipinski definition) is 1. The average molecular weight is 442 g/mol. The number of benzene rings is 2. The molecule has 0 radical (unpaired) electrons. The monoisotopic (exact) mass is 441 g/mol. The van der Waals surface area contributed by atoms with Crippen molar-refractivity contribution in [3.63, 3.8) is 0 Å². The lowest BCUT2D eigenvalue weighted by Gasteiger charge is -2.15. The third-order valence-electron chi connectivity index (χ3n) is 4.40. The zero-order valence-electron chi connectivity index (χ0n) is 16.5. The zero-order valence-corrected chi connectivity index (χ0v) is 18.1. The highest BCUT2D eigenvalue weighted by molar-refractivity contribution is 8.00. The second kappa shape index (κ2) is 9.28. The Morgan fingerprint density at radius 2 is 1.97 bits per heavy atom. The molecule has 0 saturated carbocycles. The molecule has 1 aromatic heterocycles. The van der Waals surface area contributed by atoms with Gasteiger partial charge in [-0.1, -0.05) is 29.4 Å². The SMILES string of the molecule is C=CCn1c(S[C@@H](C)C(=O)Nc2ccc(C(C)=O)cc2)nc2ccc(Cl)cc2c1=O. The molecule has 0 aliphatic carbocycles. The second-order valence-electron chi connectivity index (χ2n) is 6.64. The Morgan fingerprint density at radius 3 is 2.60 bits per heavy atom. The molecule has 0 unspecified atom stereocenters. The van der Waals surface area contributed by atoms with E-state index in [0.29, 0.717) is 32.3 Å². The summed E-state index contributed by atoms with van der Waals surface area (Å²) in [5, 5.41) is 3.58. The number of ketones is 1. The molecule has 1 heterocycles. The van der Waals surface area contributed by atoms with Crippen LogP contribution in [-0.2, 0) is 11.3 Å². The molecule has 3 rings (SSSR count). The fraction of sp³-hybridized carbons (Fsp3) is 0.182. The van der Waals surface area contributed by atoms with E-state index >= 15 is 0 Å². The first-order valence-corrected chi connectivity index (χ1v) is 10.5. The number of anilines is 1. The number of thioether (sulfide) groups is 1. The number of allylic oxidation sites excluding steroid dienone is 1. The maximum absolute atomic E-state index is 12.9. The Labute approximate surface area is 183 Å². The third-order valence-corrected chi connectivity index (χ3v) is 5.73. The summed E-state index contributed by atoms with van der Waals surface area (Å²) in [6.45, 7) is 7.18. The van der Waals surface area contributed by atoms with Gasteiger partial charge in [-0.2, -0.15) is 0 Å². The van der Waals surface area contributed by atoms with Crippen LogP contribution in [0.4, 0.5) is 5.69 Å². The number of Topliss-reactive ketones (excluding diaryl/α,β-unsaturated/α-hetero) is 1. The van der Waals surface area contributed by atoms with Gasteiger partial charge in [-0.25, -0.2) is 4.98 Å². The number of halogens is 1. The van der Waals surface area contributed by atoms with Crippen LogP contribution in [0.15, 0.2) is 65.1 Å². The minimum absolute atomic E-state index is 0.0411. The molecule has 1 amide bonds. The van der Waals surface area contributed by atoms with Gasteiger partial charge in [0.25, 0.3) is 5.56 Å². The molecule has 0 bridgehead atoms. The lowest BCUT2D eigenvalue weighted by atomic mass is 10.1. The molecular weight excluding hydrogens is 422 g/mol. The highest BCUT2D eigenvalue weighted by Crippen LogP contribution is 2.25. The molecule has 6 nitrogen and oxygen atoms in total. The fourth-order valence-electron chi connectivity index (χ4n) is 2.80. The highest BCUT2D eigenvalue weighted by atomic mass is 35.5. The summed E-state index contributed by atoms with van der Waals surface area (Å²) in [5.74, 6) is -0.285. The normalized spacial score (nSPS) is 11.8. The number of nitrogens with one attached hydrogen (secondary N) is 1. The molecule has 154 valence electrons. The van der Waals surface area contributed by atoms with Crippen LogP contribution in [-0.4, -0.2) is 26.5 Å². The van der Waals surface area contributed by atoms with Crippen LogP contribution in [0.3, 0.4) is 0 Å². The summed E-state index contributed by atoms with van der Waals surface area (Å²) >= 11 is 7.20. The van der Waals surface area contributed by atoms with E-state index in [0.717, 1.165) is 0 Å². The van der Waals surface area contributed by atoms with E-state index in [2.05, 4.69) is 16.9 Å². The minimum atomic E-state index is -0.523. The van der Waals surface area contributed by atoms with Crippen molar-refractivity contribution in [3.8, 4) is 0 Å². The van der Waals surface area contributed by atoms with Crippen molar-refractivity contribution in [1.29, 1.82) is 0 Å². The summed E-state index contributed by atoms with van der Waals surface area (Å²) in [6, 6.07) is 11.6. The molecule has 0 aliphatic rings. The topological polar surface area (TPSA) is 81.1 Å². The van der Waals surface area contributed by atoms with Gasteiger partial charge in [0.2, 0.25) is 5.91 Å². The van der Waals surface area contributed by atoms with E-state index < -0.39 is 5.25 Å². The quantitative estimate of drug-likeness (QED) is 0.251. The van der Waals surface area contributed by atoms with Crippen molar-refractivity contribution in [2.75, 3.05) is 5.32 Å². The van der Waals surface area contributed by atoms with E-state index in [4.69, 9.17) is 11.6 Å². The predicted molar refractivity (Wildman–Crippen MR) is 122 cm³/mol. The number of amides is 1. The van der Waals surface area contributed by atoms with E-state index in [1.807, 2.05) is 0 Å². The standard InChI is InChI=1S/C22H20ClN3O3S/c1-4-11-26-21(29)18-12-16(23)7-10-19(18)25-22(26)30-14(3)20(28)24-17-8-5-15(6-9-17)13(2)27/h4-10,12,14H,1,11H2,2-3H3,(H,24,28)/t14-/m0/s1. The van der Waals surface area contributed by atoms with Crippen molar-refractivity contribution in [2.45, 2.75) is 30.8 Å². The predicted octanol–water partition coefficient (Wildman–Crippen LogP) is 4.56. The van der Waals surface area contributed by atoms with Gasteiger partial charge in [0.1, 0.15) is 0 Å². The number of rotatable bonds is 7. The van der Waals surface area contributed by atoms with Crippen molar-refractivity contribution in [1.82, 2.24) is 9.55 Å². The van der Waals surface area contributed by atoms with E-state index in [1.54, 1.807) is 55.5 Å². The highest BCUT2D eigenvalue weighted by Gasteiger charge is 2.19. The molecule has 0 spiro atoms. The number of aromatic nitrogens is 2. The smallest absolute Gasteiger partial charge is 0.262 e. The molecule has 8 heteroatoms. The Hall–Kier alpha value is -2.90. The minimum Gasteiger partial charge on any atom is -0.325 e. The summed E-state index contributed by atoms with van der Waals surface area (Å²) < 4.78 is 1.47. The van der Waals surface area contributed by atoms with Gasteiger partial charge < -0.3 is 5.32 Å². The number of fused-ring (bicyclic) bond motifs is 1. The number of hydrogen-bond acceptors (Lipinski definition) is 5. The van der Waals surface area contributed by atoms with Gasteiger partial charge in [0.05, 0.1) is 16.2 Å². The maximum atomic E-state index is 12.9. The molecule has 0 aliphatic heterocycles. The van der Waals surface area contributed by atoms with Crippen LogP contribution in [0.5, 0.6) is 0 Å². The number of nitrogens with zero attached hydrogens (tertiary/aromatic N) is 2. The van der Waals surface area contributed by atoms with Gasteiger partial charge in [-0.15, -0.1) is 6.58 Å². The van der Waals surface area contributed by atoms with Crippen LogP contribution in [0.1, 0.15) is 24.2 Å². The molecule has 1 N–H and O–H groups in total. The lowest BCUT2D eigenvalue weighted by Crippen LogP contribution is -2.26. The van der Waals surface area contributed by atoms with E-state index in [9.17, 15) is 14.4 Å². The summed E-state index contributed by atoms with van der Waals surface area (Å²) in [5.41, 5.74) is 1.43. The second-order valence-corrected chi connectivity index (χ2v) is 8.39. The van der Waals surface area contributed by atoms with Crippen LogP contribution in [0, 0.1) is 0 Å². The summed E-state index contributed by atoms with van der Waals surface area (Å²) in [4.78, 5) is 41.5. The van der Waals surface area contributed by atoms with Crippen molar-refractivity contribution < 1.29 is 9.59 Å². The molecular formula is C22H20ClN3O3S. The van der Waals surface area contributed by atoms with E-state index in [1.165, 1.54) is 23.3 Å². The van der Waals surface area contributed by atoms with Gasteiger partial charge in [-0.3, -0.25) is 19.0 Å². The van der Waals surface area contributed by atoms with Gasteiger partial charge in [-0.05, 0) is 56.3 Å².